The van der Waals surface area contributed by atoms with Crippen LogP contribution in [0.4, 0.5) is 11.4 Å². The van der Waals surface area contributed by atoms with Crippen LogP contribution in [-0.4, -0.2) is 19.2 Å². The Hall–Kier alpha value is -2.95. The number of hydrogen-bond donors (Lipinski definition) is 0. The van der Waals surface area contributed by atoms with Crippen LogP contribution in [0.25, 0.3) is 0 Å². The van der Waals surface area contributed by atoms with Gasteiger partial charge in [-0.15, -0.1) is 0 Å². The monoisotopic (exact) mass is 432 g/mol. The summed E-state index contributed by atoms with van der Waals surface area (Å²) in [5.41, 5.74) is 2.85. The van der Waals surface area contributed by atoms with E-state index in [1.54, 1.807) is 0 Å². The average Bonchev–Trinajstić information content (AvgIpc) is 3.45. The zero-order valence-electron chi connectivity index (χ0n) is 18.8. The Bertz CT molecular complexity index is 934. The summed E-state index contributed by atoms with van der Waals surface area (Å²) in [6, 6.07) is 15.6. The molecule has 0 aromatic heterocycles. The van der Waals surface area contributed by atoms with Gasteiger partial charge in [0.1, 0.15) is 5.75 Å². The number of allylic oxidation sites excluding steroid dienone is 2. The molecule has 2 aromatic rings. The molecule has 0 spiro atoms. The van der Waals surface area contributed by atoms with Crippen LogP contribution in [-0.2, 0) is 9.53 Å². The number of aryl methyl sites for hydroxylation is 1. The zero-order valence-corrected chi connectivity index (χ0v) is 18.8. The second-order valence-electron chi connectivity index (χ2n) is 8.85. The number of fused-ring (bicyclic) bond motifs is 2. The first kappa shape index (κ1) is 22.3. The molecule has 3 unspecified atom stereocenters. The number of esters is 1. The summed E-state index contributed by atoms with van der Waals surface area (Å²) in [4.78, 5) is 12.2. The van der Waals surface area contributed by atoms with Gasteiger partial charge in [0.25, 0.3) is 0 Å². The molecule has 5 heteroatoms. The highest BCUT2D eigenvalue weighted by Crippen LogP contribution is 2.43. The molecule has 1 fully saturated rings. The number of nitrogens with zero attached hydrogens (tertiary/aromatic N) is 2. The molecule has 5 nitrogen and oxygen atoms in total. The van der Waals surface area contributed by atoms with Crippen LogP contribution in [0.3, 0.4) is 0 Å². The number of azo groups is 1. The molecule has 32 heavy (non-hydrogen) atoms. The molecule has 0 radical (unpaired) electrons. The van der Waals surface area contributed by atoms with E-state index in [1.165, 1.54) is 5.56 Å². The smallest absolute Gasteiger partial charge is 0.309 e. The maximum absolute atomic E-state index is 12.2. The summed E-state index contributed by atoms with van der Waals surface area (Å²) in [6.45, 7) is 3.27. The van der Waals surface area contributed by atoms with Crippen molar-refractivity contribution >= 4 is 17.3 Å². The highest BCUT2D eigenvalue weighted by Gasteiger charge is 2.40. The normalized spacial score (nSPS) is 21.3. The molecule has 2 aliphatic carbocycles. The third-order valence-corrected chi connectivity index (χ3v) is 6.29. The zero-order chi connectivity index (χ0) is 22.2. The molecule has 0 aliphatic heterocycles. The van der Waals surface area contributed by atoms with E-state index in [2.05, 4.69) is 29.3 Å². The van der Waals surface area contributed by atoms with Gasteiger partial charge in [-0.2, -0.15) is 10.2 Å². The van der Waals surface area contributed by atoms with E-state index in [0.29, 0.717) is 25.0 Å². The SMILES string of the molecule is Cc1ccc(/N=N/c2ccc(OCCCCCCOC(=O)C3CC4C=CC3C4)cc2)cc1. The second-order valence-corrected chi connectivity index (χ2v) is 8.85. The Balaban J connectivity index is 1.05. The van der Waals surface area contributed by atoms with Crippen molar-refractivity contribution in [3.63, 3.8) is 0 Å². The van der Waals surface area contributed by atoms with Crippen molar-refractivity contribution in [3.8, 4) is 5.75 Å². The fourth-order valence-corrected chi connectivity index (χ4v) is 4.42. The summed E-state index contributed by atoms with van der Waals surface area (Å²) >= 11 is 0. The topological polar surface area (TPSA) is 60.3 Å². The summed E-state index contributed by atoms with van der Waals surface area (Å²) < 4.78 is 11.3. The van der Waals surface area contributed by atoms with E-state index in [9.17, 15) is 4.79 Å². The van der Waals surface area contributed by atoms with Gasteiger partial charge >= 0.3 is 5.97 Å². The Morgan fingerprint density at radius 3 is 2.12 bits per heavy atom. The van der Waals surface area contributed by atoms with Crippen LogP contribution < -0.4 is 4.74 Å². The lowest BCUT2D eigenvalue weighted by atomic mass is 9.94. The molecule has 168 valence electrons. The molecular weight excluding hydrogens is 400 g/mol. The van der Waals surface area contributed by atoms with Crippen molar-refractivity contribution in [2.75, 3.05) is 13.2 Å². The predicted octanol–water partition coefficient (Wildman–Crippen LogP) is 7.11. The molecule has 0 saturated heterocycles. The van der Waals surface area contributed by atoms with Crippen molar-refractivity contribution in [1.29, 1.82) is 0 Å². The molecule has 2 bridgehead atoms. The summed E-state index contributed by atoms with van der Waals surface area (Å²) in [5, 5.41) is 8.52. The van der Waals surface area contributed by atoms with Crippen LogP contribution in [0, 0.1) is 24.7 Å². The molecule has 1 saturated carbocycles. The van der Waals surface area contributed by atoms with E-state index >= 15 is 0 Å². The van der Waals surface area contributed by atoms with Gasteiger partial charge in [-0.3, -0.25) is 4.79 Å². The van der Waals surface area contributed by atoms with Crippen LogP contribution >= 0.6 is 0 Å². The highest BCUT2D eigenvalue weighted by atomic mass is 16.5. The Labute approximate surface area is 190 Å². The molecule has 2 aliphatic rings. The number of carbonyl (C=O) groups excluding carboxylic acids is 1. The van der Waals surface area contributed by atoms with Gasteiger partial charge in [-0.05, 0) is 93.7 Å². The van der Waals surface area contributed by atoms with E-state index in [1.807, 2.05) is 48.5 Å². The summed E-state index contributed by atoms with van der Waals surface area (Å²) in [7, 11) is 0. The first-order valence-electron chi connectivity index (χ1n) is 11.7. The minimum atomic E-state index is 0.00651. The number of ether oxygens (including phenoxy) is 2. The van der Waals surface area contributed by atoms with Crippen molar-refractivity contribution in [2.24, 2.45) is 28.0 Å². The molecule has 2 aromatic carbocycles. The summed E-state index contributed by atoms with van der Waals surface area (Å²) in [6.07, 6.45) is 10.6. The lowest BCUT2D eigenvalue weighted by molar-refractivity contribution is -0.149. The Morgan fingerprint density at radius 2 is 1.50 bits per heavy atom. The fraction of sp³-hybridized carbons (Fsp3) is 0.444. The minimum absolute atomic E-state index is 0.00651. The molecular formula is C27H32N2O3. The van der Waals surface area contributed by atoms with E-state index in [-0.39, 0.29) is 11.9 Å². The number of unbranched alkanes of at least 4 members (excludes halogenated alkanes) is 3. The van der Waals surface area contributed by atoms with E-state index < -0.39 is 0 Å². The van der Waals surface area contributed by atoms with Gasteiger partial charge in [0.2, 0.25) is 0 Å². The van der Waals surface area contributed by atoms with Gasteiger partial charge < -0.3 is 9.47 Å². The van der Waals surface area contributed by atoms with Crippen molar-refractivity contribution in [2.45, 2.75) is 45.4 Å². The van der Waals surface area contributed by atoms with Gasteiger partial charge in [0, 0.05) is 0 Å². The first-order valence-corrected chi connectivity index (χ1v) is 11.7. The average molecular weight is 433 g/mol. The lowest BCUT2D eigenvalue weighted by Gasteiger charge is -2.16. The van der Waals surface area contributed by atoms with Crippen LogP contribution in [0.5, 0.6) is 5.75 Å². The first-order chi connectivity index (χ1) is 15.7. The van der Waals surface area contributed by atoms with Crippen molar-refractivity contribution in [1.82, 2.24) is 0 Å². The maximum Gasteiger partial charge on any atom is 0.309 e. The van der Waals surface area contributed by atoms with E-state index in [0.717, 1.165) is 55.6 Å². The van der Waals surface area contributed by atoms with Crippen molar-refractivity contribution < 1.29 is 14.3 Å². The van der Waals surface area contributed by atoms with Gasteiger partial charge in [-0.1, -0.05) is 29.8 Å². The minimum Gasteiger partial charge on any atom is -0.494 e. The maximum atomic E-state index is 12.2. The number of rotatable bonds is 11. The Kier molecular flexibility index (Phi) is 7.70. The third-order valence-electron chi connectivity index (χ3n) is 6.29. The number of hydrogen-bond acceptors (Lipinski definition) is 5. The molecule has 0 N–H and O–H groups in total. The van der Waals surface area contributed by atoms with Crippen molar-refractivity contribution in [3.05, 3.63) is 66.2 Å². The molecule has 0 heterocycles. The standard InChI is InChI=1S/C27H32N2O3/c1-20-6-10-23(11-7-20)28-29-24-12-14-25(15-13-24)31-16-4-2-3-5-17-32-27(30)26-19-21-8-9-22(26)18-21/h6-15,21-22,26H,2-5,16-19H2,1H3/b29-28+. The number of carbonyl (C=O) groups is 1. The predicted molar refractivity (Wildman–Crippen MR) is 126 cm³/mol. The molecule has 3 atom stereocenters. The largest absolute Gasteiger partial charge is 0.494 e. The van der Waals surface area contributed by atoms with Gasteiger partial charge in [-0.25, -0.2) is 0 Å². The summed E-state index contributed by atoms with van der Waals surface area (Å²) in [5.74, 6) is 1.99. The van der Waals surface area contributed by atoms with Gasteiger partial charge in [0.05, 0.1) is 30.5 Å². The third kappa shape index (κ3) is 6.28. The lowest BCUT2D eigenvalue weighted by Crippen LogP contribution is -2.22. The van der Waals surface area contributed by atoms with Crippen LogP contribution in [0.2, 0.25) is 0 Å². The van der Waals surface area contributed by atoms with Gasteiger partial charge in [0.15, 0.2) is 0 Å². The Morgan fingerprint density at radius 1 is 0.844 bits per heavy atom. The second kappa shape index (κ2) is 11.1. The highest BCUT2D eigenvalue weighted by molar-refractivity contribution is 5.74. The number of benzene rings is 2. The van der Waals surface area contributed by atoms with E-state index in [4.69, 9.17) is 9.47 Å². The van der Waals surface area contributed by atoms with Crippen LogP contribution in [0.1, 0.15) is 44.1 Å². The fourth-order valence-electron chi connectivity index (χ4n) is 4.42. The quantitative estimate of drug-likeness (QED) is 0.165. The molecule has 4 rings (SSSR count). The molecule has 0 amide bonds. The van der Waals surface area contributed by atoms with Crippen LogP contribution in [0.15, 0.2) is 70.9 Å².